The zero-order chi connectivity index (χ0) is 15.4. The third-order valence-corrected chi connectivity index (χ3v) is 4.24. The number of amides is 1. The van der Waals surface area contributed by atoms with Crippen LogP contribution in [-0.4, -0.2) is 25.5 Å². The number of hydrogen-bond acceptors (Lipinski definition) is 2. The molecular formula is C19H22N2O. The Morgan fingerprint density at radius 1 is 1.09 bits per heavy atom. The maximum atomic E-state index is 12.5. The predicted molar refractivity (Wildman–Crippen MR) is 89.1 cm³/mol. The van der Waals surface area contributed by atoms with Crippen LogP contribution in [0.15, 0.2) is 54.6 Å². The summed E-state index contributed by atoms with van der Waals surface area (Å²) in [6, 6.07) is 18.6. The normalized spacial score (nSPS) is 19.7. The second-order valence-electron chi connectivity index (χ2n) is 5.84. The molecule has 22 heavy (non-hydrogen) atoms. The minimum Gasteiger partial charge on any atom is -0.349 e. The maximum Gasteiger partial charge on any atom is 0.251 e. The van der Waals surface area contributed by atoms with E-state index in [1.807, 2.05) is 37.4 Å². The van der Waals surface area contributed by atoms with Crippen molar-refractivity contribution in [2.24, 2.45) is 0 Å². The molecule has 2 atom stereocenters. The average molecular weight is 294 g/mol. The van der Waals surface area contributed by atoms with Gasteiger partial charge in [-0.2, -0.15) is 0 Å². The Balaban J connectivity index is 1.64. The summed E-state index contributed by atoms with van der Waals surface area (Å²) in [5.74, 6) is 0.518. The molecule has 3 heteroatoms. The summed E-state index contributed by atoms with van der Waals surface area (Å²) < 4.78 is 0. The lowest BCUT2D eigenvalue weighted by Gasteiger charge is -2.10. The minimum absolute atomic E-state index is 0.0511. The van der Waals surface area contributed by atoms with E-state index >= 15 is 0 Å². The molecule has 3 rings (SSSR count). The maximum absolute atomic E-state index is 12.5. The number of carbonyl (C=O) groups excluding carboxylic acids is 1. The lowest BCUT2D eigenvalue weighted by molar-refractivity contribution is 0.0949. The van der Waals surface area contributed by atoms with Crippen molar-refractivity contribution in [3.8, 4) is 0 Å². The van der Waals surface area contributed by atoms with Crippen molar-refractivity contribution in [1.82, 2.24) is 10.6 Å². The highest BCUT2D eigenvalue weighted by atomic mass is 16.1. The summed E-state index contributed by atoms with van der Waals surface area (Å²) in [7, 11) is 1.93. The molecule has 1 fully saturated rings. The Kier molecular flexibility index (Phi) is 4.54. The summed E-state index contributed by atoms with van der Waals surface area (Å²) >= 11 is 0. The molecular weight excluding hydrogens is 272 g/mol. The monoisotopic (exact) mass is 294 g/mol. The molecule has 0 saturated heterocycles. The zero-order valence-electron chi connectivity index (χ0n) is 12.9. The molecule has 0 heterocycles. The fourth-order valence-corrected chi connectivity index (χ4v) is 2.89. The summed E-state index contributed by atoms with van der Waals surface area (Å²) in [5.41, 5.74) is 3.22. The Morgan fingerprint density at radius 3 is 2.59 bits per heavy atom. The molecule has 1 saturated carbocycles. The quantitative estimate of drug-likeness (QED) is 0.860. The minimum atomic E-state index is 0.0511. The molecule has 0 bridgehead atoms. The van der Waals surface area contributed by atoms with Crippen molar-refractivity contribution >= 4 is 5.91 Å². The topological polar surface area (TPSA) is 41.1 Å². The average Bonchev–Trinajstić information content (AvgIpc) is 3.33. The standard InChI is InChI=1S/C19H22N2O/c1-20-12-11-15-9-5-6-10-16(15)19(22)21-18-13-17(18)14-7-3-2-4-8-14/h2-10,17-18,20H,11-13H2,1H3,(H,21,22). The molecule has 2 aromatic rings. The molecule has 2 unspecified atom stereocenters. The van der Waals surface area contributed by atoms with Crippen LogP contribution in [0.3, 0.4) is 0 Å². The Labute approximate surface area is 131 Å². The second kappa shape index (κ2) is 6.75. The fraction of sp³-hybridized carbons (Fsp3) is 0.316. The highest BCUT2D eigenvalue weighted by Gasteiger charge is 2.39. The van der Waals surface area contributed by atoms with Crippen LogP contribution in [0.2, 0.25) is 0 Å². The highest BCUT2D eigenvalue weighted by molar-refractivity contribution is 5.96. The smallest absolute Gasteiger partial charge is 0.251 e. The van der Waals surface area contributed by atoms with Gasteiger partial charge in [0.1, 0.15) is 0 Å². The molecule has 0 radical (unpaired) electrons. The van der Waals surface area contributed by atoms with E-state index in [-0.39, 0.29) is 11.9 Å². The van der Waals surface area contributed by atoms with Gasteiger partial charge in [-0.25, -0.2) is 0 Å². The molecule has 2 N–H and O–H groups in total. The summed E-state index contributed by atoms with van der Waals surface area (Å²) in [6.45, 7) is 0.875. The molecule has 0 spiro atoms. The SMILES string of the molecule is CNCCc1ccccc1C(=O)NC1CC1c1ccccc1. The molecule has 2 aromatic carbocycles. The van der Waals surface area contributed by atoms with Gasteiger partial charge in [0.15, 0.2) is 0 Å². The van der Waals surface area contributed by atoms with Crippen molar-refractivity contribution in [2.75, 3.05) is 13.6 Å². The highest BCUT2D eigenvalue weighted by Crippen LogP contribution is 2.40. The van der Waals surface area contributed by atoms with Crippen LogP contribution in [0.4, 0.5) is 0 Å². The van der Waals surface area contributed by atoms with Crippen LogP contribution in [0.25, 0.3) is 0 Å². The summed E-state index contributed by atoms with van der Waals surface area (Å²) in [4.78, 5) is 12.5. The van der Waals surface area contributed by atoms with Gasteiger partial charge in [0.05, 0.1) is 0 Å². The molecule has 0 aliphatic heterocycles. The number of rotatable bonds is 6. The van der Waals surface area contributed by atoms with Gasteiger partial charge in [-0.3, -0.25) is 4.79 Å². The van der Waals surface area contributed by atoms with Gasteiger partial charge in [0, 0.05) is 17.5 Å². The van der Waals surface area contributed by atoms with Crippen molar-refractivity contribution < 1.29 is 4.79 Å². The van der Waals surface area contributed by atoms with Gasteiger partial charge in [-0.1, -0.05) is 48.5 Å². The molecule has 1 aliphatic carbocycles. The lowest BCUT2D eigenvalue weighted by atomic mass is 10.0. The number of carbonyl (C=O) groups is 1. The van der Waals surface area contributed by atoms with Crippen LogP contribution < -0.4 is 10.6 Å². The number of hydrogen-bond donors (Lipinski definition) is 2. The second-order valence-corrected chi connectivity index (χ2v) is 5.84. The number of nitrogens with one attached hydrogen (secondary N) is 2. The molecule has 1 amide bonds. The van der Waals surface area contributed by atoms with Crippen LogP contribution in [0, 0.1) is 0 Å². The first-order chi connectivity index (χ1) is 10.8. The Hall–Kier alpha value is -2.13. The van der Waals surface area contributed by atoms with Gasteiger partial charge in [0.25, 0.3) is 5.91 Å². The van der Waals surface area contributed by atoms with E-state index in [1.54, 1.807) is 0 Å². The lowest BCUT2D eigenvalue weighted by Crippen LogP contribution is -2.28. The molecule has 114 valence electrons. The summed E-state index contributed by atoms with van der Waals surface area (Å²) in [6.07, 6.45) is 1.90. The fourth-order valence-electron chi connectivity index (χ4n) is 2.89. The van der Waals surface area contributed by atoms with E-state index in [0.29, 0.717) is 5.92 Å². The van der Waals surface area contributed by atoms with Gasteiger partial charge < -0.3 is 10.6 Å². The van der Waals surface area contributed by atoms with Crippen molar-refractivity contribution in [3.63, 3.8) is 0 Å². The van der Waals surface area contributed by atoms with Gasteiger partial charge in [-0.15, -0.1) is 0 Å². The van der Waals surface area contributed by atoms with Gasteiger partial charge in [0.2, 0.25) is 0 Å². The van der Waals surface area contributed by atoms with E-state index in [0.717, 1.165) is 30.5 Å². The van der Waals surface area contributed by atoms with E-state index in [9.17, 15) is 4.79 Å². The van der Waals surface area contributed by atoms with E-state index in [1.165, 1.54) is 5.56 Å². The molecule has 0 aromatic heterocycles. The molecule has 3 nitrogen and oxygen atoms in total. The first-order valence-electron chi connectivity index (χ1n) is 7.88. The van der Waals surface area contributed by atoms with Crippen molar-refractivity contribution in [1.29, 1.82) is 0 Å². The van der Waals surface area contributed by atoms with Crippen LogP contribution in [0.5, 0.6) is 0 Å². The molecule has 1 aliphatic rings. The number of benzene rings is 2. The Morgan fingerprint density at radius 2 is 1.82 bits per heavy atom. The summed E-state index contributed by atoms with van der Waals surface area (Å²) in [5, 5.41) is 6.31. The Bertz CT molecular complexity index is 639. The van der Waals surface area contributed by atoms with Gasteiger partial charge in [-0.05, 0) is 43.6 Å². The van der Waals surface area contributed by atoms with E-state index in [4.69, 9.17) is 0 Å². The van der Waals surface area contributed by atoms with Gasteiger partial charge >= 0.3 is 0 Å². The number of likely N-dealkylation sites (N-methyl/N-ethyl adjacent to an activating group) is 1. The van der Waals surface area contributed by atoms with Crippen LogP contribution in [-0.2, 0) is 6.42 Å². The third-order valence-electron chi connectivity index (χ3n) is 4.24. The van der Waals surface area contributed by atoms with Crippen molar-refractivity contribution in [3.05, 3.63) is 71.3 Å². The van der Waals surface area contributed by atoms with E-state index < -0.39 is 0 Å². The first kappa shape index (κ1) is 14.8. The van der Waals surface area contributed by atoms with Crippen molar-refractivity contribution in [2.45, 2.75) is 24.8 Å². The largest absolute Gasteiger partial charge is 0.349 e. The first-order valence-corrected chi connectivity index (χ1v) is 7.88. The third kappa shape index (κ3) is 3.37. The van der Waals surface area contributed by atoms with Crippen LogP contribution >= 0.6 is 0 Å². The van der Waals surface area contributed by atoms with Crippen LogP contribution in [0.1, 0.15) is 33.8 Å². The predicted octanol–water partition coefficient (Wildman–Crippen LogP) is 2.73. The zero-order valence-corrected chi connectivity index (χ0v) is 12.9. The van der Waals surface area contributed by atoms with E-state index in [2.05, 4.69) is 34.9 Å².